The lowest BCUT2D eigenvalue weighted by Crippen LogP contribution is -2.44. The summed E-state index contributed by atoms with van der Waals surface area (Å²) in [5, 5.41) is 0.380. The molecule has 0 bridgehead atoms. The highest BCUT2D eigenvalue weighted by Crippen LogP contribution is 2.28. The zero-order valence-electron chi connectivity index (χ0n) is 16.5. The van der Waals surface area contributed by atoms with Crippen molar-refractivity contribution in [3.63, 3.8) is 0 Å². The number of hydrogen-bond donors (Lipinski definition) is 0. The van der Waals surface area contributed by atoms with E-state index in [0.717, 1.165) is 4.90 Å². The summed E-state index contributed by atoms with van der Waals surface area (Å²) in [4.78, 5) is 25.8. The molecule has 1 fully saturated rings. The van der Waals surface area contributed by atoms with E-state index in [0.29, 0.717) is 11.4 Å². The Kier molecular flexibility index (Phi) is 7.31. The summed E-state index contributed by atoms with van der Waals surface area (Å²) in [7, 11) is -2.93. The zero-order chi connectivity index (χ0) is 21.8. The van der Waals surface area contributed by atoms with E-state index in [2.05, 4.69) is 6.58 Å². The van der Waals surface area contributed by atoms with E-state index in [1.165, 1.54) is 37.5 Å². The van der Waals surface area contributed by atoms with E-state index in [1.807, 2.05) is 6.92 Å². The smallest absolute Gasteiger partial charge is 0.411 e. The van der Waals surface area contributed by atoms with Crippen molar-refractivity contribution in [3.05, 3.63) is 41.9 Å². The first-order chi connectivity index (χ1) is 13.5. The molecule has 1 aromatic carbocycles. The van der Waals surface area contributed by atoms with Crippen molar-refractivity contribution in [2.24, 2.45) is 0 Å². The molecule has 29 heavy (non-hydrogen) atoms. The summed E-state index contributed by atoms with van der Waals surface area (Å²) < 4.78 is 40.5. The molecule has 0 aliphatic carbocycles. The molecule has 0 radical (unpaired) electrons. The van der Waals surface area contributed by atoms with E-state index < -0.39 is 39.9 Å². The summed E-state index contributed by atoms with van der Waals surface area (Å²) in [6.45, 7) is 7.01. The number of ether oxygens (including phenoxy) is 2. The molecule has 0 saturated carbocycles. The lowest BCUT2D eigenvalue weighted by Gasteiger charge is -2.29. The van der Waals surface area contributed by atoms with Gasteiger partial charge in [-0.15, -0.1) is 0 Å². The Bertz CT molecular complexity index is 871. The fraction of sp³-hybridized carbons (Fsp3) is 0.474. The van der Waals surface area contributed by atoms with E-state index in [1.54, 1.807) is 6.92 Å². The average Bonchev–Trinajstić information content (AvgIpc) is 3.10. The number of rotatable bonds is 7. The van der Waals surface area contributed by atoms with Gasteiger partial charge < -0.3 is 9.47 Å². The van der Waals surface area contributed by atoms with Crippen LogP contribution in [0.3, 0.4) is 0 Å². The number of benzene rings is 1. The van der Waals surface area contributed by atoms with Crippen LogP contribution in [-0.2, 0) is 28.6 Å². The molecule has 2 rings (SSSR count). The first-order valence-electron chi connectivity index (χ1n) is 8.95. The van der Waals surface area contributed by atoms with E-state index in [9.17, 15) is 18.0 Å². The van der Waals surface area contributed by atoms with E-state index in [4.69, 9.17) is 25.3 Å². The Balaban J connectivity index is 2.20. The van der Waals surface area contributed by atoms with Gasteiger partial charge in [0, 0.05) is 11.4 Å². The van der Waals surface area contributed by atoms with E-state index in [-0.39, 0.29) is 17.9 Å². The monoisotopic (exact) mass is 445 g/mol. The summed E-state index contributed by atoms with van der Waals surface area (Å²) in [6, 6.07) is 4.45. The summed E-state index contributed by atoms with van der Waals surface area (Å²) in [6.07, 6.45) is 0.200. The SMILES string of the molecule is C=CC(C)(CC)OC(=O)N1CC(OS(=O)(=O)c2ccc(Cl)cc2)C[C@H]1C(=O)OC. The van der Waals surface area contributed by atoms with Crippen molar-refractivity contribution in [1.82, 2.24) is 4.90 Å². The standard InChI is InChI=1S/C19H24ClNO7S/c1-5-19(3,6-2)27-18(23)21-12-14(11-16(21)17(22)26-4)28-29(24,25)15-9-7-13(20)8-10-15/h5,7-10,14,16H,1,6,11-12H2,2-4H3/t14?,16-,19?/m0/s1. The number of methoxy groups -OCH3 is 1. The molecule has 160 valence electrons. The molecule has 1 aromatic rings. The third-order valence-electron chi connectivity index (χ3n) is 4.79. The van der Waals surface area contributed by atoms with Crippen molar-refractivity contribution >= 4 is 33.8 Å². The maximum absolute atomic E-state index is 12.7. The molecule has 0 N–H and O–H groups in total. The van der Waals surface area contributed by atoms with Crippen LogP contribution in [0.25, 0.3) is 0 Å². The van der Waals surface area contributed by atoms with Crippen LogP contribution in [0.4, 0.5) is 4.79 Å². The molecule has 1 aliphatic heterocycles. The summed E-state index contributed by atoms with van der Waals surface area (Å²) in [5.74, 6) is -0.686. The second-order valence-electron chi connectivity index (χ2n) is 6.79. The van der Waals surface area contributed by atoms with Gasteiger partial charge in [-0.3, -0.25) is 9.08 Å². The fourth-order valence-electron chi connectivity index (χ4n) is 2.78. The minimum Gasteiger partial charge on any atom is -0.467 e. The number of halogens is 1. The second-order valence-corrected chi connectivity index (χ2v) is 8.80. The van der Waals surface area contributed by atoms with Gasteiger partial charge in [-0.2, -0.15) is 8.42 Å². The van der Waals surface area contributed by atoms with Crippen molar-refractivity contribution in [3.8, 4) is 0 Å². The zero-order valence-corrected chi connectivity index (χ0v) is 18.0. The van der Waals surface area contributed by atoms with Crippen molar-refractivity contribution in [2.45, 2.75) is 49.3 Å². The number of nitrogens with zero attached hydrogens (tertiary/aromatic N) is 1. The highest BCUT2D eigenvalue weighted by molar-refractivity contribution is 7.86. The molecule has 1 heterocycles. The number of likely N-dealkylation sites (tertiary alicyclic amines) is 1. The molecular weight excluding hydrogens is 422 g/mol. The van der Waals surface area contributed by atoms with Gasteiger partial charge >= 0.3 is 12.1 Å². The Morgan fingerprint density at radius 3 is 2.48 bits per heavy atom. The van der Waals surface area contributed by atoms with Crippen LogP contribution in [0.2, 0.25) is 5.02 Å². The van der Waals surface area contributed by atoms with Crippen LogP contribution >= 0.6 is 11.6 Å². The molecule has 10 heteroatoms. The van der Waals surface area contributed by atoms with Gasteiger partial charge in [0.2, 0.25) is 0 Å². The topological polar surface area (TPSA) is 99.2 Å². The number of esters is 1. The van der Waals surface area contributed by atoms with Crippen molar-refractivity contribution in [1.29, 1.82) is 0 Å². The lowest BCUT2D eigenvalue weighted by atomic mass is 10.0. The van der Waals surface area contributed by atoms with Crippen LogP contribution in [0, 0.1) is 0 Å². The van der Waals surface area contributed by atoms with Gasteiger partial charge in [-0.1, -0.05) is 25.1 Å². The number of carbonyl (C=O) groups excluding carboxylic acids is 2. The van der Waals surface area contributed by atoms with Crippen LogP contribution in [-0.4, -0.2) is 56.8 Å². The molecule has 3 atom stereocenters. The predicted octanol–water partition coefficient (Wildman–Crippen LogP) is 3.15. The van der Waals surface area contributed by atoms with Gasteiger partial charge in [0.15, 0.2) is 0 Å². The van der Waals surface area contributed by atoms with E-state index >= 15 is 0 Å². The summed E-state index contributed by atoms with van der Waals surface area (Å²) >= 11 is 5.78. The maximum Gasteiger partial charge on any atom is 0.411 e. The Morgan fingerprint density at radius 2 is 1.97 bits per heavy atom. The largest absolute Gasteiger partial charge is 0.467 e. The first kappa shape index (κ1) is 23.2. The van der Waals surface area contributed by atoms with Gasteiger partial charge in [-0.05, 0) is 43.7 Å². The van der Waals surface area contributed by atoms with Gasteiger partial charge in [0.1, 0.15) is 11.6 Å². The van der Waals surface area contributed by atoms with Gasteiger partial charge in [0.05, 0.1) is 24.7 Å². The first-order valence-corrected chi connectivity index (χ1v) is 10.7. The second kappa shape index (κ2) is 9.15. The maximum atomic E-state index is 12.7. The van der Waals surface area contributed by atoms with Crippen molar-refractivity contribution < 1.29 is 31.7 Å². The number of amides is 1. The normalized spacial score (nSPS) is 21.3. The third-order valence-corrected chi connectivity index (χ3v) is 6.42. The molecule has 1 amide bonds. The third kappa shape index (κ3) is 5.49. The fourth-order valence-corrected chi connectivity index (χ4v) is 3.98. The summed E-state index contributed by atoms with van der Waals surface area (Å²) in [5.41, 5.74) is -0.925. The van der Waals surface area contributed by atoms with Gasteiger partial charge in [0.25, 0.3) is 10.1 Å². The van der Waals surface area contributed by atoms with Crippen LogP contribution in [0.15, 0.2) is 41.8 Å². The van der Waals surface area contributed by atoms with Crippen molar-refractivity contribution in [2.75, 3.05) is 13.7 Å². The van der Waals surface area contributed by atoms with Gasteiger partial charge in [-0.25, -0.2) is 9.59 Å². The molecule has 1 saturated heterocycles. The minimum absolute atomic E-state index is 0.0501. The van der Waals surface area contributed by atoms with Crippen LogP contribution in [0.5, 0.6) is 0 Å². The highest BCUT2D eigenvalue weighted by atomic mass is 35.5. The molecule has 0 spiro atoms. The average molecular weight is 446 g/mol. The number of hydrogen-bond acceptors (Lipinski definition) is 7. The van der Waals surface area contributed by atoms with Crippen LogP contribution < -0.4 is 0 Å². The molecule has 2 unspecified atom stereocenters. The predicted molar refractivity (Wildman–Crippen MR) is 106 cm³/mol. The Labute approximate surface area is 175 Å². The molecule has 0 aromatic heterocycles. The Morgan fingerprint density at radius 1 is 1.34 bits per heavy atom. The molecule has 8 nitrogen and oxygen atoms in total. The minimum atomic E-state index is -4.12. The van der Waals surface area contributed by atoms with Crippen LogP contribution in [0.1, 0.15) is 26.7 Å². The lowest BCUT2D eigenvalue weighted by molar-refractivity contribution is -0.145. The number of carbonyl (C=O) groups is 2. The quantitative estimate of drug-likeness (QED) is 0.361. The Hall–Kier alpha value is -2.10. The highest BCUT2D eigenvalue weighted by Gasteiger charge is 2.44. The molecular formula is C19H24ClNO7S. The molecule has 1 aliphatic rings.